The van der Waals surface area contributed by atoms with Crippen molar-refractivity contribution in [3.8, 4) is 5.75 Å². The van der Waals surface area contributed by atoms with Crippen molar-refractivity contribution in [3.05, 3.63) is 63.6 Å². The van der Waals surface area contributed by atoms with Gasteiger partial charge in [0.15, 0.2) is 0 Å². The first-order valence-corrected chi connectivity index (χ1v) is 15.2. The lowest BCUT2D eigenvalue weighted by atomic mass is 9.88. The number of urea groups is 1. The van der Waals surface area contributed by atoms with Gasteiger partial charge in [0.2, 0.25) is 5.91 Å². The van der Waals surface area contributed by atoms with Gasteiger partial charge in [0, 0.05) is 42.8 Å². The second-order valence-electron chi connectivity index (χ2n) is 11.1. The van der Waals surface area contributed by atoms with Crippen LogP contribution < -0.4 is 10.1 Å². The van der Waals surface area contributed by atoms with Crippen molar-refractivity contribution in [3.63, 3.8) is 0 Å². The summed E-state index contributed by atoms with van der Waals surface area (Å²) in [7, 11) is 2.13. The van der Waals surface area contributed by atoms with E-state index in [0.29, 0.717) is 24.0 Å². The Hall–Kier alpha value is -2.48. The molecule has 9 heteroatoms. The molecule has 1 N–H and O–H groups in total. The number of nitrogens with one attached hydrogen (secondary N) is 1. The van der Waals surface area contributed by atoms with E-state index >= 15 is 0 Å². The van der Waals surface area contributed by atoms with Crippen LogP contribution in [0.3, 0.4) is 0 Å². The Labute approximate surface area is 248 Å². The summed E-state index contributed by atoms with van der Waals surface area (Å²) in [5.74, 6) is 1.22. The number of carbonyl (C=O) groups is 2. The summed E-state index contributed by atoms with van der Waals surface area (Å²) in [6.45, 7) is 7.12. The normalized spacial score (nSPS) is 20.1. The van der Waals surface area contributed by atoms with Gasteiger partial charge < -0.3 is 24.8 Å². The van der Waals surface area contributed by atoms with Gasteiger partial charge in [-0.2, -0.15) is 0 Å². The molecule has 3 heterocycles. The molecule has 3 amide bonds. The SMILES string of the molecule is CN1CCCC(Oc2cc(Cl)ccc2C2CCN(C(=O)CNC(=O)N3CCCC3)CC2)C1.Cc1ccc(Cl)cc1. The molecule has 0 aromatic heterocycles. The number of likely N-dealkylation sites (tertiary alicyclic amines) is 3. The number of benzene rings is 2. The summed E-state index contributed by atoms with van der Waals surface area (Å²) in [6, 6.07) is 13.6. The van der Waals surface area contributed by atoms with Crippen LogP contribution in [0.25, 0.3) is 0 Å². The highest BCUT2D eigenvalue weighted by atomic mass is 35.5. The van der Waals surface area contributed by atoms with Crippen LogP contribution in [0.4, 0.5) is 4.79 Å². The van der Waals surface area contributed by atoms with Crippen molar-refractivity contribution in [2.75, 3.05) is 52.9 Å². The molecule has 5 rings (SSSR count). The summed E-state index contributed by atoms with van der Waals surface area (Å²) < 4.78 is 6.42. The van der Waals surface area contributed by atoms with E-state index in [1.165, 1.54) is 11.1 Å². The molecule has 0 aliphatic carbocycles. The van der Waals surface area contributed by atoms with E-state index in [2.05, 4.69) is 23.3 Å². The molecule has 3 aliphatic heterocycles. The van der Waals surface area contributed by atoms with Crippen LogP contribution >= 0.6 is 23.2 Å². The molecule has 2 aromatic rings. The first-order valence-electron chi connectivity index (χ1n) is 14.5. The topological polar surface area (TPSA) is 65.1 Å². The Balaban J connectivity index is 0.000000398. The molecular weight excluding hydrogens is 547 g/mol. The Morgan fingerprint density at radius 1 is 0.875 bits per heavy atom. The minimum Gasteiger partial charge on any atom is -0.489 e. The van der Waals surface area contributed by atoms with Crippen LogP contribution in [-0.2, 0) is 4.79 Å². The van der Waals surface area contributed by atoms with Crippen LogP contribution in [0.5, 0.6) is 5.75 Å². The number of likely N-dealkylation sites (N-methyl/N-ethyl adjacent to an activating group) is 1. The van der Waals surface area contributed by atoms with Crippen molar-refractivity contribution in [1.29, 1.82) is 0 Å². The monoisotopic (exact) mass is 588 g/mol. The number of rotatable bonds is 5. The molecule has 0 spiro atoms. The maximum Gasteiger partial charge on any atom is 0.317 e. The van der Waals surface area contributed by atoms with Crippen molar-refractivity contribution in [1.82, 2.24) is 20.0 Å². The summed E-state index contributed by atoms with van der Waals surface area (Å²) in [5, 5.41) is 4.28. The quantitative estimate of drug-likeness (QED) is 0.467. The molecule has 7 nitrogen and oxygen atoms in total. The van der Waals surface area contributed by atoms with Gasteiger partial charge in [0.25, 0.3) is 0 Å². The molecule has 0 radical (unpaired) electrons. The van der Waals surface area contributed by atoms with Crippen LogP contribution in [0.2, 0.25) is 10.0 Å². The third-order valence-corrected chi connectivity index (χ3v) is 8.42. The predicted molar refractivity (Wildman–Crippen MR) is 162 cm³/mol. The van der Waals surface area contributed by atoms with Crippen LogP contribution in [0, 0.1) is 6.92 Å². The number of aryl methyl sites for hydroxylation is 1. The van der Waals surface area contributed by atoms with Crippen molar-refractivity contribution in [2.45, 2.75) is 57.5 Å². The smallest absolute Gasteiger partial charge is 0.317 e. The molecule has 40 heavy (non-hydrogen) atoms. The van der Waals surface area contributed by atoms with Gasteiger partial charge in [-0.25, -0.2) is 4.79 Å². The predicted octanol–water partition coefficient (Wildman–Crippen LogP) is 5.97. The van der Waals surface area contributed by atoms with Crippen molar-refractivity contribution in [2.24, 2.45) is 0 Å². The fourth-order valence-corrected chi connectivity index (χ4v) is 5.90. The number of hydrogen-bond acceptors (Lipinski definition) is 4. The van der Waals surface area contributed by atoms with E-state index in [0.717, 1.165) is 75.5 Å². The molecule has 218 valence electrons. The van der Waals surface area contributed by atoms with E-state index in [1.807, 2.05) is 48.2 Å². The first kappa shape index (κ1) is 30.5. The number of piperidine rings is 2. The molecule has 1 unspecified atom stereocenters. The van der Waals surface area contributed by atoms with E-state index < -0.39 is 0 Å². The van der Waals surface area contributed by atoms with Crippen molar-refractivity contribution >= 4 is 35.1 Å². The van der Waals surface area contributed by atoms with Crippen LogP contribution in [0.15, 0.2) is 42.5 Å². The fourth-order valence-electron chi connectivity index (χ4n) is 5.61. The number of nitrogens with zero attached hydrogens (tertiary/aromatic N) is 3. The number of halogens is 2. The van der Waals surface area contributed by atoms with Gasteiger partial charge in [-0.1, -0.05) is 47.0 Å². The largest absolute Gasteiger partial charge is 0.489 e. The van der Waals surface area contributed by atoms with E-state index in [9.17, 15) is 9.59 Å². The third kappa shape index (κ3) is 9.02. The van der Waals surface area contributed by atoms with Gasteiger partial charge in [-0.05, 0) is 94.8 Å². The number of amides is 3. The van der Waals surface area contributed by atoms with Gasteiger partial charge in [0.1, 0.15) is 11.9 Å². The average molecular weight is 590 g/mol. The summed E-state index contributed by atoms with van der Waals surface area (Å²) in [5.41, 5.74) is 2.44. The number of carbonyl (C=O) groups excluding carboxylic acids is 2. The van der Waals surface area contributed by atoms with Gasteiger partial charge in [0.05, 0.1) is 6.54 Å². The van der Waals surface area contributed by atoms with E-state index in [1.54, 1.807) is 4.90 Å². The minimum atomic E-state index is -0.123. The number of ether oxygens (including phenoxy) is 1. The second-order valence-corrected chi connectivity index (χ2v) is 12.0. The zero-order chi connectivity index (χ0) is 28.5. The maximum atomic E-state index is 12.6. The molecule has 3 aliphatic rings. The highest BCUT2D eigenvalue weighted by Crippen LogP contribution is 2.37. The minimum absolute atomic E-state index is 0.00572. The summed E-state index contributed by atoms with van der Waals surface area (Å²) >= 11 is 11.9. The number of hydrogen-bond donors (Lipinski definition) is 1. The fraction of sp³-hybridized carbons (Fsp3) is 0.548. The van der Waals surface area contributed by atoms with Gasteiger partial charge in [-0.15, -0.1) is 0 Å². The Morgan fingerprint density at radius 3 is 2.20 bits per heavy atom. The lowest BCUT2D eigenvalue weighted by Gasteiger charge is -2.34. The van der Waals surface area contributed by atoms with E-state index in [-0.39, 0.29) is 24.6 Å². The third-order valence-electron chi connectivity index (χ3n) is 7.93. The first-order chi connectivity index (χ1) is 19.3. The second kappa shape index (κ2) is 14.9. The van der Waals surface area contributed by atoms with Crippen LogP contribution in [-0.4, -0.2) is 85.6 Å². The Kier molecular flexibility index (Phi) is 11.4. The molecule has 3 fully saturated rings. The lowest BCUT2D eigenvalue weighted by molar-refractivity contribution is -0.131. The highest BCUT2D eigenvalue weighted by Gasteiger charge is 2.28. The van der Waals surface area contributed by atoms with Crippen molar-refractivity contribution < 1.29 is 14.3 Å². The van der Waals surface area contributed by atoms with Gasteiger partial charge >= 0.3 is 6.03 Å². The standard InChI is InChI=1S/C24H35ClN4O3.C7H7Cl/c1-27-10-4-5-20(17-27)32-22-15-19(25)6-7-21(22)18-8-13-28(14-9-18)23(30)16-26-24(31)29-11-2-3-12-29;1-6-2-4-7(8)5-3-6/h6-7,15,18,20H,2-5,8-14,16-17H2,1H3,(H,26,31);2-5H,1H3. The molecule has 2 aromatic carbocycles. The molecule has 0 saturated carbocycles. The molecule has 0 bridgehead atoms. The highest BCUT2D eigenvalue weighted by molar-refractivity contribution is 6.30. The molecule has 3 saturated heterocycles. The zero-order valence-corrected chi connectivity index (χ0v) is 25.2. The Morgan fingerprint density at radius 2 is 1.55 bits per heavy atom. The molecule has 1 atom stereocenters. The summed E-state index contributed by atoms with van der Waals surface area (Å²) in [4.78, 5) is 30.7. The van der Waals surface area contributed by atoms with Crippen LogP contribution in [0.1, 0.15) is 55.6 Å². The maximum absolute atomic E-state index is 12.6. The summed E-state index contributed by atoms with van der Waals surface area (Å²) in [6.07, 6.45) is 6.25. The van der Waals surface area contributed by atoms with Gasteiger partial charge in [-0.3, -0.25) is 4.79 Å². The average Bonchev–Trinajstić information content (AvgIpc) is 3.49. The van der Waals surface area contributed by atoms with E-state index in [4.69, 9.17) is 27.9 Å². The molecular formula is C31H42Cl2N4O3. The Bertz CT molecular complexity index is 1100. The zero-order valence-electron chi connectivity index (χ0n) is 23.7. The lowest BCUT2D eigenvalue weighted by Crippen LogP contribution is -2.46.